The van der Waals surface area contributed by atoms with Crippen molar-refractivity contribution in [1.29, 1.82) is 0 Å². The summed E-state index contributed by atoms with van der Waals surface area (Å²) in [6, 6.07) is 9.63. The molecule has 0 aliphatic carbocycles. The molecule has 1 atom stereocenters. The van der Waals surface area contributed by atoms with E-state index in [1.807, 2.05) is 40.9 Å². The van der Waals surface area contributed by atoms with Crippen LogP contribution in [0.25, 0.3) is 5.52 Å². The monoisotopic (exact) mass is 477 g/mol. The zero-order valence-corrected chi connectivity index (χ0v) is 16.9. The Kier molecular flexibility index (Phi) is 5.26. The van der Waals surface area contributed by atoms with E-state index in [4.69, 9.17) is 15.6 Å². The van der Waals surface area contributed by atoms with Gasteiger partial charge in [-0.05, 0) is 41.0 Å². The van der Waals surface area contributed by atoms with E-state index in [9.17, 15) is 4.79 Å². The lowest BCUT2D eigenvalue weighted by molar-refractivity contribution is -0.195. The van der Waals surface area contributed by atoms with Crippen molar-refractivity contribution in [3.8, 4) is 0 Å². The Morgan fingerprint density at radius 1 is 1.33 bits per heavy atom. The van der Waals surface area contributed by atoms with Gasteiger partial charge in [0, 0.05) is 31.4 Å². The van der Waals surface area contributed by atoms with E-state index >= 15 is 0 Å². The third kappa shape index (κ3) is 3.91. The predicted molar refractivity (Wildman–Crippen MR) is 110 cm³/mol. The lowest BCUT2D eigenvalue weighted by atomic mass is 9.98. The van der Waals surface area contributed by atoms with E-state index in [1.54, 1.807) is 11.3 Å². The molecule has 3 heterocycles. The highest BCUT2D eigenvalue weighted by atomic mass is 127. The molecule has 8 heteroatoms. The van der Waals surface area contributed by atoms with E-state index in [2.05, 4.69) is 27.6 Å². The third-order valence-corrected chi connectivity index (χ3v) is 5.49. The van der Waals surface area contributed by atoms with Crippen molar-refractivity contribution < 1.29 is 9.63 Å². The van der Waals surface area contributed by atoms with Gasteiger partial charge in [0.15, 0.2) is 5.82 Å². The van der Waals surface area contributed by atoms with Crippen LogP contribution in [0.5, 0.6) is 0 Å². The van der Waals surface area contributed by atoms with Gasteiger partial charge in [0.2, 0.25) is 0 Å². The van der Waals surface area contributed by atoms with E-state index in [0.29, 0.717) is 12.4 Å². The number of piperidine rings is 1. The smallest absolute Gasteiger partial charge is 0.329 e. The summed E-state index contributed by atoms with van der Waals surface area (Å²) in [5, 5.41) is 1.76. The van der Waals surface area contributed by atoms with Gasteiger partial charge in [0.1, 0.15) is 15.0 Å². The topological polar surface area (TPSA) is 85.7 Å². The summed E-state index contributed by atoms with van der Waals surface area (Å²) in [6.45, 7) is 1.36. The minimum absolute atomic E-state index is 0.168. The van der Waals surface area contributed by atoms with Crippen molar-refractivity contribution >= 4 is 39.9 Å². The van der Waals surface area contributed by atoms with Crippen LogP contribution in [-0.2, 0) is 16.1 Å². The number of carbonyl (C=O) groups excluding carboxylic acids is 1. The van der Waals surface area contributed by atoms with Gasteiger partial charge in [0.05, 0.1) is 6.42 Å². The van der Waals surface area contributed by atoms with E-state index in [1.165, 1.54) is 0 Å². The molecular formula is C19H20IN5O2. The summed E-state index contributed by atoms with van der Waals surface area (Å²) in [7, 11) is 0. The summed E-state index contributed by atoms with van der Waals surface area (Å²) < 4.78 is 2.84. The molecule has 0 spiro atoms. The molecule has 2 aromatic heterocycles. The quantitative estimate of drug-likeness (QED) is 0.582. The van der Waals surface area contributed by atoms with Crippen LogP contribution in [-0.4, -0.2) is 38.5 Å². The standard InChI is InChI=1S/C19H20IN5O2/c20-17-16-18(21)22-8-10-25(16)19(23-17)14-7-4-9-24(12-14)27-15(26)11-13-5-2-1-3-6-13/h1-3,5-6,8,10,14H,4,7,9,11-12H2,(H2,21,22). The molecule has 4 rings (SSSR count). The van der Waals surface area contributed by atoms with Gasteiger partial charge in [-0.25, -0.2) is 14.8 Å². The van der Waals surface area contributed by atoms with Gasteiger partial charge >= 0.3 is 5.97 Å². The molecule has 1 aliphatic rings. The summed E-state index contributed by atoms with van der Waals surface area (Å²) in [5.74, 6) is 1.34. The molecule has 1 unspecified atom stereocenters. The van der Waals surface area contributed by atoms with Crippen molar-refractivity contribution in [2.24, 2.45) is 0 Å². The number of imidazole rings is 1. The first-order valence-corrected chi connectivity index (χ1v) is 9.97. The number of hydrogen-bond acceptors (Lipinski definition) is 6. The lowest BCUT2D eigenvalue weighted by Gasteiger charge is -2.30. The van der Waals surface area contributed by atoms with Crippen molar-refractivity contribution in [1.82, 2.24) is 19.4 Å². The molecule has 1 aliphatic heterocycles. The lowest BCUT2D eigenvalue weighted by Crippen LogP contribution is -2.37. The number of nitrogens with zero attached hydrogens (tertiary/aromatic N) is 4. The Hall–Kier alpha value is -2.20. The van der Waals surface area contributed by atoms with Gasteiger partial charge in [-0.3, -0.25) is 4.40 Å². The number of hydrogen-bond donors (Lipinski definition) is 1. The highest BCUT2D eigenvalue weighted by Crippen LogP contribution is 2.30. The Bertz CT molecular complexity index is 959. The highest BCUT2D eigenvalue weighted by Gasteiger charge is 2.28. The Labute approximate surface area is 170 Å². The zero-order valence-electron chi connectivity index (χ0n) is 14.7. The fourth-order valence-corrected chi connectivity index (χ4v) is 4.29. The Morgan fingerprint density at radius 3 is 2.96 bits per heavy atom. The van der Waals surface area contributed by atoms with Crippen LogP contribution in [0, 0.1) is 3.70 Å². The third-order valence-electron chi connectivity index (χ3n) is 4.74. The van der Waals surface area contributed by atoms with Gasteiger partial charge in [0.25, 0.3) is 0 Å². The molecule has 0 bridgehead atoms. The second-order valence-corrected chi connectivity index (χ2v) is 7.67. The van der Waals surface area contributed by atoms with Gasteiger partial charge in [-0.15, -0.1) is 5.06 Å². The SMILES string of the molecule is Nc1nccn2c(C3CCCN(OC(=O)Cc4ccccc4)C3)nc(I)c12. The number of hydroxylamine groups is 2. The predicted octanol–water partition coefficient (Wildman–Crippen LogP) is 2.80. The number of nitrogen functional groups attached to an aromatic ring is 1. The maximum Gasteiger partial charge on any atom is 0.329 e. The number of fused-ring (bicyclic) bond motifs is 1. The molecule has 0 saturated carbocycles. The first-order valence-electron chi connectivity index (χ1n) is 8.89. The highest BCUT2D eigenvalue weighted by molar-refractivity contribution is 14.1. The maximum absolute atomic E-state index is 12.3. The average Bonchev–Trinajstić information content (AvgIpc) is 3.01. The molecule has 2 N–H and O–H groups in total. The number of aromatic nitrogens is 3. The summed E-state index contributed by atoms with van der Waals surface area (Å²) in [6.07, 6.45) is 5.77. The van der Waals surface area contributed by atoms with E-state index in [0.717, 1.165) is 40.0 Å². The minimum atomic E-state index is -0.238. The van der Waals surface area contributed by atoms with Gasteiger partial charge < -0.3 is 10.6 Å². The van der Waals surface area contributed by atoms with Crippen LogP contribution in [0.1, 0.15) is 30.1 Å². The number of halogens is 1. The fourth-order valence-electron chi connectivity index (χ4n) is 3.51. The van der Waals surface area contributed by atoms with Crippen LogP contribution < -0.4 is 5.73 Å². The summed E-state index contributed by atoms with van der Waals surface area (Å²) in [4.78, 5) is 26.8. The normalized spacial score (nSPS) is 17.9. The van der Waals surface area contributed by atoms with Crippen LogP contribution >= 0.6 is 22.6 Å². The van der Waals surface area contributed by atoms with Crippen molar-refractivity contribution in [3.05, 3.63) is 57.8 Å². The number of carbonyl (C=O) groups is 1. The molecule has 0 radical (unpaired) electrons. The van der Waals surface area contributed by atoms with Crippen LogP contribution in [0.15, 0.2) is 42.7 Å². The van der Waals surface area contributed by atoms with Crippen molar-refractivity contribution in [2.45, 2.75) is 25.2 Å². The maximum atomic E-state index is 12.3. The zero-order chi connectivity index (χ0) is 18.8. The van der Waals surface area contributed by atoms with Crippen LogP contribution in [0.3, 0.4) is 0 Å². The van der Waals surface area contributed by atoms with Crippen LogP contribution in [0.4, 0.5) is 5.82 Å². The van der Waals surface area contributed by atoms with Crippen molar-refractivity contribution in [2.75, 3.05) is 18.8 Å². The average molecular weight is 477 g/mol. The van der Waals surface area contributed by atoms with E-state index < -0.39 is 0 Å². The number of anilines is 1. The first-order chi connectivity index (χ1) is 13.1. The minimum Gasteiger partial charge on any atom is -0.382 e. The Balaban J connectivity index is 1.47. The molecule has 1 aromatic carbocycles. The second kappa shape index (κ2) is 7.81. The molecule has 3 aromatic rings. The second-order valence-electron chi connectivity index (χ2n) is 6.64. The molecule has 27 heavy (non-hydrogen) atoms. The summed E-state index contributed by atoms with van der Waals surface area (Å²) in [5.41, 5.74) is 7.80. The Morgan fingerprint density at radius 2 is 2.15 bits per heavy atom. The van der Waals surface area contributed by atoms with Crippen molar-refractivity contribution in [3.63, 3.8) is 0 Å². The first kappa shape index (κ1) is 18.2. The molecule has 1 fully saturated rings. The fraction of sp³-hybridized carbons (Fsp3) is 0.316. The van der Waals surface area contributed by atoms with E-state index in [-0.39, 0.29) is 18.3 Å². The number of rotatable bonds is 4. The number of benzene rings is 1. The molecule has 140 valence electrons. The number of nitrogens with two attached hydrogens (primary N) is 1. The van der Waals surface area contributed by atoms with Crippen LogP contribution in [0.2, 0.25) is 0 Å². The largest absolute Gasteiger partial charge is 0.382 e. The molecule has 0 amide bonds. The van der Waals surface area contributed by atoms with Gasteiger partial charge in [-0.1, -0.05) is 30.3 Å². The molecule has 7 nitrogen and oxygen atoms in total. The van der Waals surface area contributed by atoms with Gasteiger partial charge in [-0.2, -0.15) is 0 Å². The molecule has 1 saturated heterocycles. The summed E-state index contributed by atoms with van der Waals surface area (Å²) >= 11 is 2.19. The molecular weight excluding hydrogens is 457 g/mol.